The second kappa shape index (κ2) is 7.45. The van der Waals surface area contributed by atoms with Crippen LogP contribution in [0.3, 0.4) is 0 Å². The van der Waals surface area contributed by atoms with Gasteiger partial charge in [0.2, 0.25) is 0 Å². The first kappa shape index (κ1) is 15.1. The Kier molecular flexibility index (Phi) is 5.92. The molecule has 1 aromatic rings. The van der Waals surface area contributed by atoms with E-state index < -0.39 is 18.4 Å². The minimum Gasteiger partial charge on any atom is -0.466 e. The molecule has 0 atom stereocenters. The molecule has 104 valence electrons. The molecule has 0 aliphatic carbocycles. The number of benzene rings is 1. The number of esters is 1. The molecule has 0 heterocycles. The van der Waals surface area contributed by atoms with Gasteiger partial charge in [0.15, 0.2) is 5.78 Å². The van der Waals surface area contributed by atoms with Crippen LogP contribution in [-0.4, -0.2) is 25.0 Å². The van der Waals surface area contributed by atoms with Gasteiger partial charge in [-0.2, -0.15) is 8.78 Å². The summed E-state index contributed by atoms with van der Waals surface area (Å²) >= 11 is 0. The Morgan fingerprint density at radius 3 is 2.53 bits per heavy atom. The fourth-order valence-electron chi connectivity index (χ4n) is 1.48. The molecule has 0 saturated carbocycles. The molecule has 0 aliphatic heterocycles. The molecule has 0 unspecified atom stereocenters. The monoisotopic (exact) mass is 272 g/mol. The second-order valence-corrected chi connectivity index (χ2v) is 3.60. The Labute approximate surface area is 109 Å². The van der Waals surface area contributed by atoms with Crippen LogP contribution in [0, 0.1) is 0 Å². The van der Waals surface area contributed by atoms with Crippen LogP contribution in [0.15, 0.2) is 24.3 Å². The van der Waals surface area contributed by atoms with Crippen LogP contribution in [0.4, 0.5) is 8.78 Å². The van der Waals surface area contributed by atoms with E-state index in [1.165, 1.54) is 24.3 Å². The Bertz CT molecular complexity index is 446. The number of halogens is 2. The van der Waals surface area contributed by atoms with Gasteiger partial charge in [-0.1, -0.05) is 12.1 Å². The minimum atomic E-state index is -3.00. The number of ether oxygens (including phenoxy) is 2. The Morgan fingerprint density at radius 1 is 1.21 bits per heavy atom. The first-order chi connectivity index (χ1) is 9.04. The zero-order valence-electron chi connectivity index (χ0n) is 10.4. The van der Waals surface area contributed by atoms with E-state index in [1.54, 1.807) is 6.92 Å². The van der Waals surface area contributed by atoms with Crippen LogP contribution in [-0.2, 0) is 9.53 Å². The molecule has 0 saturated heterocycles. The fourth-order valence-corrected chi connectivity index (χ4v) is 1.48. The lowest BCUT2D eigenvalue weighted by molar-refractivity contribution is -0.143. The summed E-state index contributed by atoms with van der Waals surface area (Å²) in [6.45, 7) is -1.11. The quantitative estimate of drug-likeness (QED) is 0.565. The van der Waals surface area contributed by atoms with Crippen molar-refractivity contribution in [3.63, 3.8) is 0 Å². The van der Waals surface area contributed by atoms with E-state index in [2.05, 4.69) is 9.47 Å². The third-order valence-electron chi connectivity index (χ3n) is 2.27. The second-order valence-electron chi connectivity index (χ2n) is 3.60. The van der Waals surface area contributed by atoms with Crippen molar-refractivity contribution in [3.8, 4) is 5.75 Å². The summed E-state index contributed by atoms with van der Waals surface area (Å²) in [6.07, 6.45) is -0.196. The van der Waals surface area contributed by atoms with Crippen molar-refractivity contribution in [3.05, 3.63) is 29.8 Å². The molecule has 0 N–H and O–H groups in total. The first-order valence-electron chi connectivity index (χ1n) is 5.77. The average molecular weight is 272 g/mol. The summed E-state index contributed by atoms with van der Waals surface area (Å²) in [5.41, 5.74) is 0.0344. The van der Waals surface area contributed by atoms with E-state index in [1.807, 2.05) is 0 Å². The van der Waals surface area contributed by atoms with Gasteiger partial charge in [0, 0.05) is 6.42 Å². The predicted molar refractivity (Wildman–Crippen MR) is 63.3 cm³/mol. The van der Waals surface area contributed by atoms with E-state index >= 15 is 0 Å². The van der Waals surface area contributed by atoms with Crippen molar-refractivity contribution < 1.29 is 27.8 Å². The van der Waals surface area contributed by atoms with E-state index in [0.29, 0.717) is 0 Å². The highest BCUT2D eigenvalue weighted by molar-refractivity contribution is 5.99. The van der Waals surface area contributed by atoms with Crippen LogP contribution >= 0.6 is 0 Å². The predicted octanol–water partition coefficient (Wildman–Crippen LogP) is 2.81. The normalized spacial score (nSPS) is 10.3. The van der Waals surface area contributed by atoms with E-state index in [9.17, 15) is 18.4 Å². The number of alkyl halides is 2. The molecule has 0 aromatic heterocycles. The van der Waals surface area contributed by atoms with Crippen LogP contribution in [0.2, 0.25) is 0 Å². The van der Waals surface area contributed by atoms with Crippen LogP contribution in [0.25, 0.3) is 0 Å². The third-order valence-corrected chi connectivity index (χ3v) is 2.27. The number of carbonyl (C=O) groups is 2. The van der Waals surface area contributed by atoms with Crippen molar-refractivity contribution in [2.24, 2.45) is 0 Å². The van der Waals surface area contributed by atoms with E-state index in [4.69, 9.17) is 0 Å². The highest BCUT2D eigenvalue weighted by Crippen LogP contribution is 2.22. The van der Waals surface area contributed by atoms with Crippen molar-refractivity contribution in [2.75, 3.05) is 6.61 Å². The molecule has 19 heavy (non-hydrogen) atoms. The van der Waals surface area contributed by atoms with Crippen LogP contribution in [0.1, 0.15) is 30.1 Å². The van der Waals surface area contributed by atoms with Crippen molar-refractivity contribution >= 4 is 11.8 Å². The number of para-hydroxylation sites is 1. The molecule has 0 aliphatic rings. The fraction of sp³-hybridized carbons (Fsp3) is 0.385. The maximum Gasteiger partial charge on any atom is 0.387 e. The maximum atomic E-state index is 12.2. The summed E-state index contributed by atoms with van der Waals surface area (Å²) in [5.74, 6) is -1.13. The summed E-state index contributed by atoms with van der Waals surface area (Å²) in [5, 5.41) is 0. The summed E-state index contributed by atoms with van der Waals surface area (Å²) in [6, 6.07) is 5.69. The topological polar surface area (TPSA) is 52.6 Å². The Hall–Kier alpha value is -1.98. The molecule has 0 spiro atoms. The van der Waals surface area contributed by atoms with E-state index in [-0.39, 0.29) is 30.8 Å². The number of rotatable bonds is 7. The zero-order valence-corrected chi connectivity index (χ0v) is 10.4. The van der Waals surface area contributed by atoms with Gasteiger partial charge >= 0.3 is 12.6 Å². The smallest absolute Gasteiger partial charge is 0.387 e. The molecule has 0 amide bonds. The number of carbonyl (C=O) groups excluding carboxylic acids is 2. The number of hydrogen-bond donors (Lipinski definition) is 0. The van der Waals surface area contributed by atoms with E-state index in [0.717, 1.165) is 0 Å². The molecule has 0 bridgehead atoms. The largest absolute Gasteiger partial charge is 0.466 e. The van der Waals surface area contributed by atoms with Crippen LogP contribution in [0.5, 0.6) is 5.75 Å². The zero-order chi connectivity index (χ0) is 14.3. The highest BCUT2D eigenvalue weighted by Gasteiger charge is 2.16. The van der Waals surface area contributed by atoms with Crippen LogP contribution < -0.4 is 4.74 Å². The molecule has 6 heteroatoms. The maximum absolute atomic E-state index is 12.2. The molecule has 4 nitrogen and oxygen atoms in total. The molecule has 0 radical (unpaired) electrons. The lowest BCUT2D eigenvalue weighted by Gasteiger charge is -2.09. The Balaban J connectivity index is 2.68. The van der Waals surface area contributed by atoms with Crippen molar-refractivity contribution in [1.82, 2.24) is 0 Å². The lowest BCUT2D eigenvalue weighted by atomic mass is 10.1. The van der Waals surface area contributed by atoms with Crippen molar-refractivity contribution in [1.29, 1.82) is 0 Å². The van der Waals surface area contributed by atoms with Gasteiger partial charge in [0.25, 0.3) is 0 Å². The van der Waals surface area contributed by atoms with Gasteiger partial charge in [-0.3, -0.25) is 9.59 Å². The minimum absolute atomic E-state index is 0.0344. The van der Waals surface area contributed by atoms with Crippen molar-refractivity contribution in [2.45, 2.75) is 26.4 Å². The lowest BCUT2D eigenvalue weighted by Crippen LogP contribution is -2.10. The van der Waals surface area contributed by atoms with Gasteiger partial charge in [0.1, 0.15) is 5.75 Å². The molecule has 1 aromatic carbocycles. The summed E-state index contributed by atoms with van der Waals surface area (Å²) < 4.78 is 33.3. The number of hydrogen-bond acceptors (Lipinski definition) is 4. The molecule has 0 fully saturated rings. The third kappa shape index (κ3) is 5.03. The number of Topliss-reactive ketones (excluding diaryl/α,β-unsaturated/α-hetero) is 1. The van der Waals surface area contributed by atoms with Gasteiger partial charge < -0.3 is 9.47 Å². The summed E-state index contributed by atoms with van der Waals surface area (Å²) in [4.78, 5) is 22.9. The highest BCUT2D eigenvalue weighted by atomic mass is 19.3. The van der Waals surface area contributed by atoms with Gasteiger partial charge in [-0.15, -0.1) is 0 Å². The summed E-state index contributed by atoms with van der Waals surface area (Å²) in [7, 11) is 0. The standard InChI is InChI=1S/C13H14F2O4/c1-2-18-12(17)8-7-10(16)9-5-3-4-6-11(9)19-13(14)15/h3-6,13H,2,7-8H2,1H3. The molecule has 1 rings (SSSR count). The van der Waals surface area contributed by atoms with Gasteiger partial charge in [-0.05, 0) is 19.1 Å². The first-order valence-corrected chi connectivity index (χ1v) is 5.77. The van der Waals surface area contributed by atoms with Gasteiger partial charge in [0.05, 0.1) is 18.6 Å². The molecular formula is C13H14F2O4. The molecular weight excluding hydrogens is 258 g/mol. The SMILES string of the molecule is CCOC(=O)CCC(=O)c1ccccc1OC(F)F. The average Bonchev–Trinajstić information content (AvgIpc) is 2.36. The number of ketones is 1. The van der Waals surface area contributed by atoms with Gasteiger partial charge in [-0.25, -0.2) is 0 Å². The Morgan fingerprint density at radius 2 is 1.89 bits per heavy atom.